The van der Waals surface area contributed by atoms with Crippen molar-refractivity contribution in [2.24, 2.45) is 11.8 Å². The molecule has 1 aromatic carbocycles. The fourth-order valence-corrected chi connectivity index (χ4v) is 3.44. The molecule has 22 heavy (non-hydrogen) atoms. The van der Waals surface area contributed by atoms with Crippen LogP contribution in [0.3, 0.4) is 0 Å². The molecule has 0 aromatic heterocycles. The highest BCUT2D eigenvalue weighted by Gasteiger charge is 2.41. The SMILES string of the molecule is COc1ccc(N2CC3CN(C(=O)NCCO)CC3C2)cc1. The Labute approximate surface area is 130 Å². The highest BCUT2D eigenvalue weighted by atomic mass is 16.5. The van der Waals surface area contributed by atoms with Crippen LogP contribution in [0.25, 0.3) is 0 Å². The molecular weight excluding hydrogens is 282 g/mol. The second-order valence-electron chi connectivity index (χ2n) is 5.98. The van der Waals surface area contributed by atoms with E-state index >= 15 is 0 Å². The minimum Gasteiger partial charge on any atom is -0.497 e. The molecule has 2 aliphatic heterocycles. The lowest BCUT2D eigenvalue weighted by Gasteiger charge is -2.23. The van der Waals surface area contributed by atoms with Crippen molar-refractivity contribution in [3.63, 3.8) is 0 Å². The number of carbonyl (C=O) groups is 1. The topological polar surface area (TPSA) is 65.0 Å². The number of methoxy groups -OCH3 is 1. The van der Waals surface area contributed by atoms with Gasteiger partial charge in [0.05, 0.1) is 13.7 Å². The van der Waals surface area contributed by atoms with Crippen molar-refractivity contribution in [2.75, 3.05) is 51.3 Å². The van der Waals surface area contributed by atoms with Crippen LogP contribution >= 0.6 is 0 Å². The molecule has 6 nitrogen and oxygen atoms in total. The summed E-state index contributed by atoms with van der Waals surface area (Å²) in [5, 5.41) is 11.5. The van der Waals surface area contributed by atoms with Crippen LogP contribution in [0, 0.1) is 11.8 Å². The monoisotopic (exact) mass is 305 g/mol. The van der Waals surface area contributed by atoms with Gasteiger partial charge in [0.1, 0.15) is 5.75 Å². The molecular formula is C16H23N3O3. The fraction of sp³-hybridized carbons (Fsp3) is 0.562. The molecule has 2 unspecified atom stereocenters. The van der Waals surface area contributed by atoms with Crippen LogP contribution in [0.5, 0.6) is 5.75 Å². The number of ether oxygens (including phenoxy) is 1. The van der Waals surface area contributed by atoms with Crippen molar-refractivity contribution in [1.82, 2.24) is 10.2 Å². The molecule has 2 N–H and O–H groups in total. The van der Waals surface area contributed by atoms with E-state index in [1.54, 1.807) is 7.11 Å². The van der Waals surface area contributed by atoms with Gasteiger partial charge in [0.25, 0.3) is 0 Å². The van der Waals surface area contributed by atoms with Gasteiger partial charge in [-0.05, 0) is 24.3 Å². The molecule has 0 saturated carbocycles. The number of fused-ring (bicyclic) bond motifs is 1. The molecule has 2 fully saturated rings. The second-order valence-corrected chi connectivity index (χ2v) is 5.98. The zero-order valence-corrected chi connectivity index (χ0v) is 12.9. The van der Waals surface area contributed by atoms with Crippen molar-refractivity contribution in [2.45, 2.75) is 0 Å². The molecule has 0 radical (unpaired) electrons. The van der Waals surface area contributed by atoms with Gasteiger partial charge in [-0.25, -0.2) is 4.79 Å². The van der Waals surface area contributed by atoms with Crippen molar-refractivity contribution >= 4 is 11.7 Å². The number of urea groups is 1. The van der Waals surface area contributed by atoms with E-state index in [9.17, 15) is 4.79 Å². The van der Waals surface area contributed by atoms with E-state index in [1.165, 1.54) is 5.69 Å². The Hall–Kier alpha value is -1.95. The summed E-state index contributed by atoms with van der Waals surface area (Å²) in [6.45, 7) is 3.88. The van der Waals surface area contributed by atoms with Crippen molar-refractivity contribution < 1.29 is 14.6 Å². The minimum absolute atomic E-state index is 0.0162. The van der Waals surface area contributed by atoms with Crippen LogP contribution in [-0.4, -0.2) is 62.5 Å². The van der Waals surface area contributed by atoms with Crippen molar-refractivity contribution in [3.8, 4) is 5.75 Å². The van der Waals surface area contributed by atoms with Crippen LogP contribution in [0.15, 0.2) is 24.3 Å². The maximum atomic E-state index is 11.9. The Morgan fingerprint density at radius 2 is 1.86 bits per heavy atom. The predicted octanol–water partition coefficient (Wildman–Crippen LogP) is 0.765. The van der Waals surface area contributed by atoms with Gasteiger partial charge in [0.15, 0.2) is 0 Å². The summed E-state index contributed by atoms with van der Waals surface area (Å²) >= 11 is 0. The number of rotatable bonds is 4. The largest absolute Gasteiger partial charge is 0.497 e. The predicted molar refractivity (Wildman–Crippen MR) is 84.2 cm³/mol. The fourth-order valence-electron chi connectivity index (χ4n) is 3.44. The molecule has 120 valence electrons. The van der Waals surface area contributed by atoms with E-state index in [4.69, 9.17) is 9.84 Å². The summed E-state index contributed by atoms with van der Waals surface area (Å²) < 4.78 is 5.19. The Morgan fingerprint density at radius 1 is 1.23 bits per heavy atom. The molecule has 2 saturated heterocycles. The normalized spacial score (nSPS) is 23.5. The van der Waals surface area contributed by atoms with Gasteiger partial charge in [0.2, 0.25) is 0 Å². The van der Waals surface area contributed by atoms with E-state index in [0.29, 0.717) is 18.4 Å². The molecule has 0 spiro atoms. The van der Waals surface area contributed by atoms with Crippen LogP contribution in [0.1, 0.15) is 0 Å². The molecule has 2 aliphatic rings. The van der Waals surface area contributed by atoms with Gasteiger partial charge in [-0.1, -0.05) is 0 Å². The first-order valence-corrected chi connectivity index (χ1v) is 7.74. The van der Waals surface area contributed by atoms with Gasteiger partial charge in [-0.2, -0.15) is 0 Å². The number of hydrogen-bond donors (Lipinski definition) is 2. The zero-order chi connectivity index (χ0) is 15.5. The molecule has 2 amide bonds. The highest BCUT2D eigenvalue weighted by Crippen LogP contribution is 2.34. The molecule has 0 bridgehead atoms. The van der Waals surface area contributed by atoms with Crippen molar-refractivity contribution in [1.29, 1.82) is 0 Å². The number of benzene rings is 1. The molecule has 6 heteroatoms. The number of anilines is 1. The van der Waals surface area contributed by atoms with E-state index in [2.05, 4.69) is 22.3 Å². The summed E-state index contributed by atoms with van der Waals surface area (Å²) in [4.78, 5) is 16.2. The second kappa shape index (κ2) is 6.44. The van der Waals surface area contributed by atoms with Crippen LogP contribution in [-0.2, 0) is 0 Å². The summed E-state index contributed by atoms with van der Waals surface area (Å²) in [5.41, 5.74) is 1.21. The van der Waals surface area contributed by atoms with Crippen molar-refractivity contribution in [3.05, 3.63) is 24.3 Å². The van der Waals surface area contributed by atoms with E-state index in [0.717, 1.165) is 31.9 Å². The summed E-state index contributed by atoms with van der Waals surface area (Å²) in [6, 6.07) is 8.09. The first-order valence-electron chi connectivity index (χ1n) is 7.74. The Kier molecular flexibility index (Phi) is 4.38. The third kappa shape index (κ3) is 2.97. The first kappa shape index (κ1) is 15.0. The lowest BCUT2D eigenvalue weighted by atomic mass is 10.0. The summed E-state index contributed by atoms with van der Waals surface area (Å²) in [7, 11) is 1.67. The maximum absolute atomic E-state index is 11.9. The number of amides is 2. The molecule has 2 heterocycles. The quantitative estimate of drug-likeness (QED) is 0.862. The molecule has 1 aromatic rings. The van der Waals surface area contributed by atoms with Crippen LogP contribution in [0.2, 0.25) is 0 Å². The Balaban J connectivity index is 1.55. The van der Waals surface area contributed by atoms with Gasteiger partial charge in [0, 0.05) is 50.2 Å². The highest BCUT2D eigenvalue weighted by molar-refractivity contribution is 5.74. The average Bonchev–Trinajstić information content (AvgIpc) is 3.11. The van der Waals surface area contributed by atoms with Gasteiger partial charge < -0.3 is 25.0 Å². The van der Waals surface area contributed by atoms with Crippen LogP contribution < -0.4 is 15.0 Å². The van der Waals surface area contributed by atoms with Gasteiger partial charge >= 0.3 is 6.03 Å². The number of carbonyl (C=O) groups excluding carboxylic acids is 1. The number of nitrogens with one attached hydrogen (secondary N) is 1. The lowest BCUT2D eigenvalue weighted by Crippen LogP contribution is -2.41. The Bertz CT molecular complexity index is 506. The third-order valence-corrected chi connectivity index (χ3v) is 4.60. The average molecular weight is 305 g/mol. The molecule has 3 rings (SSSR count). The lowest BCUT2D eigenvalue weighted by molar-refractivity contribution is 0.201. The number of likely N-dealkylation sites (tertiary alicyclic amines) is 1. The first-order chi connectivity index (χ1) is 10.7. The summed E-state index contributed by atoms with van der Waals surface area (Å²) in [5.74, 6) is 1.93. The minimum atomic E-state index is -0.0561. The standard InChI is InChI=1S/C16H23N3O3/c1-22-15-4-2-14(3-5-15)18-8-12-10-19(11-13(12)9-18)16(21)17-6-7-20/h2-5,12-13,20H,6-11H2,1H3,(H,17,21). The number of hydrogen-bond acceptors (Lipinski definition) is 4. The summed E-state index contributed by atoms with van der Waals surface area (Å²) in [6.07, 6.45) is 0. The zero-order valence-electron chi connectivity index (χ0n) is 12.9. The number of aliphatic hydroxyl groups is 1. The third-order valence-electron chi connectivity index (χ3n) is 4.60. The van der Waals surface area contributed by atoms with Crippen LogP contribution in [0.4, 0.5) is 10.5 Å². The number of aliphatic hydroxyl groups excluding tert-OH is 1. The Morgan fingerprint density at radius 3 is 2.41 bits per heavy atom. The molecule has 2 atom stereocenters. The van der Waals surface area contributed by atoms with E-state index < -0.39 is 0 Å². The van der Waals surface area contributed by atoms with Gasteiger partial charge in [-0.3, -0.25) is 0 Å². The molecule has 0 aliphatic carbocycles. The smallest absolute Gasteiger partial charge is 0.317 e. The van der Waals surface area contributed by atoms with Gasteiger partial charge in [-0.15, -0.1) is 0 Å². The maximum Gasteiger partial charge on any atom is 0.317 e. The van der Waals surface area contributed by atoms with E-state index in [-0.39, 0.29) is 12.6 Å². The van der Waals surface area contributed by atoms with E-state index in [1.807, 2.05) is 17.0 Å². The number of nitrogens with zero attached hydrogens (tertiary/aromatic N) is 2.